The van der Waals surface area contributed by atoms with Crippen molar-refractivity contribution in [1.82, 2.24) is 10.2 Å². The number of nitro benzene ring substituents is 1. The van der Waals surface area contributed by atoms with Crippen LogP contribution in [0, 0.1) is 21.8 Å². The van der Waals surface area contributed by atoms with E-state index in [-0.39, 0.29) is 5.69 Å². The van der Waals surface area contributed by atoms with Crippen molar-refractivity contribution in [1.29, 1.82) is 0 Å². The molecular formula is C15H22FN3O2. The van der Waals surface area contributed by atoms with Crippen LogP contribution in [0.25, 0.3) is 0 Å². The first-order chi connectivity index (χ1) is 10.1. The van der Waals surface area contributed by atoms with Crippen molar-refractivity contribution in [3.8, 4) is 0 Å². The lowest BCUT2D eigenvalue weighted by Crippen LogP contribution is -2.36. The van der Waals surface area contributed by atoms with Crippen molar-refractivity contribution in [3.63, 3.8) is 0 Å². The number of nitro groups is 1. The van der Waals surface area contributed by atoms with Crippen LogP contribution < -0.4 is 5.32 Å². The van der Waals surface area contributed by atoms with Crippen LogP contribution in [0.2, 0.25) is 0 Å². The molecule has 1 saturated heterocycles. The van der Waals surface area contributed by atoms with Gasteiger partial charge in [0.2, 0.25) is 0 Å². The van der Waals surface area contributed by atoms with E-state index in [1.807, 2.05) is 0 Å². The molecule has 2 rings (SSSR count). The van der Waals surface area contributed by atoms with E-state index in [2.05, 4.69) is 17.1 Å². The Labute approximate surface area is 124 Å². The SMILES string of the molecule is CCN1CCC(CNCc2cc(F)cc([N+](=O)[O-])c2)CC1. The van der Waals surface area contributed by atoms with Gasteiger partial charge >= 0.3 is 0 Å². The number of likely N-dealkylation sites (tertiary alicyclic amines) is 1. The van der Waals surface area contributed by atoms with Crippen LogP contribution >= 0.6 is 0 Å². The second-order valence-corrected chi connectivity index (χ2v) is 5.58. The smallest absolute Gasteiger partial charge is 0.272 e. The lowest BCUT2D eigenvalue weighted by Gasteiger charge is -2.31. The van der Waals surface area contributed by atoms with Crippen molar-refractivity contribution in [2.24, 2.45) is 5.92 Å². The summed E-state index contributed by atoms with van der Waals surface area (Å²) in [6, 6.07) is 3.72. The van der Waals surface area contributed by atoms with Gasteiger partial charge in [-0.1, -0.05) is 6.92 Å². The molecule has 1 aliphatic rings. The topological polar surface area (TPSA) is 58.4 Å². The molecule has 0 bridgehead atoms. The summed E-state index contributed by atoms with van der Waals surface area (Å²) in [6.07, 6.45) is 2.34. The number of non-ortho nitro benzene ring substituents is 1. The van der Waals surface area contributed by atoms with Crippen molar-refractivity contribution < 1.29 is 9.31 Å². The number of hydrogen-bond donors (Lipinski definition) is 1. The number of nitrogens with one attached hydrogen (secondary N) is 1. The summed E-state index contributed by atoms with van der Waals surface area (Å²) in [6.45, 7) is 6.89. The number of nitrogens with zero attached hydrogens (tertiary/aromatic N) is 2. The summed E-state index contributed by atoms with van der Waals surface area (Å²) in [4.78, 5) is 12.6. The molecule has 1 fully saturated rings. The summed E-state index contributed by atoms with van der Waals surface area (Å²) < 4.78 is 13.3. The molecule has 0 radical (unpaired) electrons. The van der Waals surface area contributed by atoms with Gasteiger partial charge in [0.25, 0.3) is 5.69 Å². The minimum absolute atomic E-state index is 0.192. The van der Waals surface area contributed by atoms with E-state index in [4.69, 9.17) is 0 Å². The first-order valence-corrected chi connectivity index (χ1v) is 7.45. The van der Waals surface area contributed by atoms with Crippen molar-refractivity contribution in [3.05, 3.63) is 39.7 Å². The maximum Gasteiger partial charge on any atom is 0.272 e. The number of hydrogen-bond acceptors (Lipinski definition) is 4. The molecule has 1 N–H and O–H groups in total. The molecule has 0 spiro atoms. The van der Waals surface area contributed by atoms with Crippen LogP contribution in [-0.2, 0) is 6.54 Å². The van der Waals surface area contributed by atoms with E-state index in [0.717, 1.165) is 32.2 Å². The zero-order valence-corrected chi connectivity index (χ0v) is 12.3. The van der Waals surface area contributed by atoms with Crippen LogP contribution in [-0.4, -0.2) is 36.0 Å². The Kier molecular flexibility index (Phi) is 5.64. The lowest BCUT2D eigenvalue weighted by atomic mass is 9.97. The minimum Gasteiger partial charge on any atom is -0.312 e. The molecule has 0 aliphatic carbocycles. The fourth-order valence-corrected chi connectivity index (χ4v) is 2.77. The van der Waals surface area contributed by atoms with Gasteiger partial charge < -0.3 is 10.2 Å². The molecule has 0 atom stereocenters. The van der Waals surface area contributed by atoms with Gasteiger partial charge in [0.1, 0.15) is 5.82 Å². The lowest BCUT2D eigenvalue weighted by molar-refractivity contribution is -0.385. The third kappa shape index (κ3) is 4.75. The molecule has 5 nitrogen and oxygen atoms in total. The molecule has 1 aliphatic heterocycles. The summed E-state index contributed by atoms with van der Waals surface area (Å²) in [5.41, 5.74) is 0.427. The van der Waals surface area contributed by atoms with Crippen molar-refractivity contribution >= 4 is 5.69 Å². The van der Waals surface area contributed by atoms with Gasteiger partial charge in [-0.15, -0.1) is 0 Å². The van der Waals surface area contributed by atoms with E-state index in [1.54, 1.807) is 0 Å². The average Bonchev–Trinajstić information content (AvgIpc) is 2.47. The highest BCUT2D eigenvalue weighted by Crippen LogP contribution is 2.18. The quantitative estimate of drug-likeness (QED) is 0.647. The van der Waals surface area contributed by atoms with E-state index in [1.165, 1.54) is 25.0 Å². The second kappa shape index (κ2) is 7.47. The van der Waals surface area contributed by atoms with Gasteiger partial charge in [-0.05, 0) is 56.6 Å². The number of halogens is 1. The highest BCUT2D eigenvalue weighted by atomic mass is 19.1. The molecular weight excluding hydrogens is 273 g/mol. The molecule has 0 aromatic heterocycles. The summed E-state index contributed by atoms with van der Waals surface area (Å²) in [7, 11) is 0. The highest BCUT2D eigenvalue weighted by Gasteiger charge is 2.17. The second-order valence-electron chi connectivity index (χ2n) is 5.58. The third-order valence-electron chi connectivity index (χ3n) is 4.07. The first kappa shape index (κ1) is 15.9. The normalized spacial score (nSPS) is 17.0. The summed E-state index contributed by atoms with van der Waals surface area (Å²) in [5.74, 6) is 0.0774. The monoisotopic (exact) mass is 295 g/mol. The van der Waals surface area contributed by atoms with Crippen LogP contribution in [0.1, 0.15) is 25.3 Å². The molecule has 0 amide bonds. The molecule has 1 aromatic rings. The number of piperidine rings is 1. The number of rotatable bonds is 6. The Morgan fingerprint density at radius 3 is 2.71 bits per heavy atom. The molecule has 116 valence electrons. The Hall–Kier alpha value is -1.53. The zero-order valence-electron chi connectivity index (χ0n) is 12.3. The standard InChI is InChI=1S/C15H22FN3O2/c1-2-18-5-3-12(4-6-18)10-17-11-13-7-14(16)9-15(8-13)19(20)21/h7-9,12,17H,2-6,10-11H2,1H3. The van der Waals surface area contributed by atoms with Crippen molar-refractivity contribution in [2.75, 3.05) is 26.2 Å². The van der Waals surface area contributed by atoms with Gasteiger partial charge in [0.15, 0.2) is 0 Å². The summed E-state index contributed by atoms with van der Waals surface area (Å²) in [5, 5.41) is 14.0. The summed E-state index contributed by atoms with van der Waals surface area (Å²) >= 11 is 0. The molecule has 1 heterocycles. The fourth-order valence-electron chi connectivity index (χ4n) is 2.77. The molecule has 0 saturated carbocycles. The highest BCUT2D eigenvalue weighted by molar-refractivity contribution is 5.35. The van der Waals surface area contributed by atoms with Gasteiger partial charge in [-0.3, -0.25) is 10.1 Å². The van der Waals surface area contributed by atoms with Crippen LogP contribution in [0.3, 0.4) is 0 Å². The fraction of sp³-hybridized carbons (Fsp3) is 0.600. The first-order valence-electron chi connectivity index (χ1n) is 7.45. The van der Waals surface area contributed by atoms with Gasteiger partial charge in [0, 0.05) is 12.6 Å². The van der Waals surface area contributed by atoms with E-state index < -0.39 is 10.7 Å². The molecule has 6 heteroatoms. The van der Waals surface area contributed by atoms with E-state index in [9.17, 15) is 14.5 Å². The van der Waals surface area contributed by atoms with Crippen LogP contribution in [0.15, 0.2) is 18.2 Å². The van der Waals surface area contributed by atoms with Crippen molar-refractivity contribution in [2.45, 2.75) is 26.3 Å². The predicted molar refractivity (Wildman–Crippen MR) is 79.6 cm³/mol. The Morgan fingerprint density at radius 2 is 2.10 bits per heavy atom. The predicted octanol–water partition coefficient (Wildman–Crippen LogP) is 2.56. The Bertz CT molecular complexity index is 488. The van der Waals surface area contributed by atoms with Gasteiger partial charge in [0.05, 0.1) is 11.0 Å². The van der Waals surface area contributed by atoms with Crippen LogP contribution in [0.5, 0.6) is 0 Å². The zero-order chi connectivity index (χ0) is 15.2. The van der Waals surface area contributed by atoms with Crippen LogP contribution in [0.4, 0.5) is 10.1 Å². The van der Waals surface area contributed by atoms with E-state index >= 15 is 0 Å². The van der Waals surface area contributed by atoms with E-state index in [0.29, 0.717) is 18.0 Å². The Balaban J connectivity index is 1.80. The number of benzene rings is 1. The average molecular weight is 295 g/mol. The largest absolute Gasteiger partial charge is 0.312 e. The van der Waals surface area contributed by atoms with Gasteiger partial charge in [-0.25, -0.2) is 4.39 Å². The minimum atomic E-state index is -0.562. The molecule has 1 aromatic carbocycles. The molecule has 0 unspecified atom stereocenters. The Morgan fingerprint density at radius 1 is 1.38 bits per heavy atom. The third-order valence-corrected chi connectivity index (χ3v) is 4.07. The maximum absolute atomic E-state index is 13.3. The maximum atomic E-state index is 13.3. The van der Waals surface area contributed by atoms with Gasteiger partial charge in [-0.2, -0.15) is 0 Å². The molecule has 21 heavy (non-hydrogen) atoms.